The molecule has 0 atom stereocenters. The Kier molecular flexibility index (Phi) is 306. The monoisotopic (exact) mass is 988 g/mol. The Morgan fingerprint density at radius 2 is 0.444 bits per heavy atom. The Balaban J connectivity index is -0.000000000238. The second kappa shape index (κ2) is 53.2. The van der Waals surface area contributed by atoms with E-state index in [1.54, 1.807) is 0 Å². The average molecular weight is 988 g/mol. The molecule has 0 N–H and O–H groups in total. The molecule has 0 unspecified atom stereocenters. The molecule has 0 nitrogen and oxygen atoms in total. The first-order valence-corrected chi connectivity index (χ1v) is 8.50. The fourth-order valence-electron chi connectivity index (χ4n) is 0. The molecular weight excluding hydrogens is 988 g/mol. The summed E-state index contributed by atoms with van der Waals surface area (Å²) < 4.78 is 0. The summed E-state index contributed by atoms with van der Waals surface area (Å²) in [6, 6.07) is 0. The van der Waals surface area contributed by atoms with Crippen LogP contribution in [0.1, 0.15) is 0 Å². The standard InChI is InChI=1S/4Au.5Ca. The van der Waals surface area contributed by atoms with Crippen molar-refractivity contribution in [3.63, 3.8) is 0 Å². The van der Waals surface area contributed by atoms with Crippen LogP contribution in [0.3, 0.4) is 0 Å². The minimum absolute atomic E-state index is 0. The Labute approximate surface area is 245 Å². The van der Waals surface area contributed by atoms with E-state index in [0.717, 1.165) is 0 Å². The van der Waals surface area contributed by atoms with Crippen LogP contribution in [-0.2, 0) is 89.5 Å². The molecule has 0 aliphatic rings. The predicted molar refractivity (Wildman–Crippen MR) is 28.8 cm³/mol. The van der Waals surface area contributed by atoms with Crippen LogP contribution in [0.15, 0.2) is 0 Å². The zero-order valence-electron chi connectivity index (χ0n) is 4.74. The van der Waals surface area contributed by atoms with Crippen molar-refractivity contribution in [1.82, 2.24) is 0 Å². The van der Waals surface area contributed by atoms with Gasteiger partial charge in [-0.1, -0.05) is 0 Å². The van der Waals surface area contributed by atoms with Gasteiger partial charge in [-0.15, -0.1) is 0 Å². The van der Waals surface area contributed by atoms with Gasteiger partial charge in [-0.2, -0.15) is 0 Å². The first-order valence-electron chi connectivity index (χ1n) is 0.500. The Morgan fingerprint density at radius 3 is 0.444 bits per heavy atom. The van der Waals surface area contributed by atoms with E-state index in [4.69, 9.17) is 0 Å². The molecular formula is Au4Ca5. The molecule has 12 radical (unpaired) electrons. The predicted octanol–water partition coefficient (Wildman–Crippen LogP) is -1.91. The van der Waals surface area contributed by atoms with Crippen molar-refractivity contribution in [3.05, 3.63) is 0 Å². The van der Waals surface area contributed by atoms with Crippen molar-refractivity contribution in [2.45, 2.75) is 0 Å². The van der Waals surface area contributed by atoms with Gasteiger partial charge in [0.05, 0.1) is 0 Å². The number of hydrogen-bond donors (Lipinski definition) is 0. The van der Waals surface area contributed by atoms with Gasteiger partial charge >= 0.3 is 51.9 Å². The second-order valence-electron chi connectivity index (χ2n) is 0. The summed E-state index contributed by atoms with van der Waals surface area (Å²) in [4.78, 5) is 0. The molecule has 0 saturated heterocycles. The summed E-state index contributed by atoms with van der Waals surface area (Å²) in [6.07, 6.45) is 0. The van der Waals surface area contributed by atoms with E-state index in [2.05, 4.69) is 0 Å². The first-order chi connectivity index (χ1) is 1.00. The summed E-state index contributed by atoms with van der Waals surface area (Å²) in [5, 5.41) is 0. The van der Waals surface area contributed by atoms with Gasteiger partial charge in [0.15, 0.2) is 0 Å². The molecule has 0 aromatic carbocycles. The minimum atomic E-state index is 0. The molecule has 0 aliphatic heterocycles. The molecule has 9 heteroatoms. The molecule has 0 amide bonds. The van der Waals surface area contributed by atoms with Gasteiger partial charge < -0.3 is 0 Å². The van der Waals surface area contributed by atoms with Crippen molar-refractivity contribution in [2.24, 2.45) is 0 Å². The SMILES string of the molecule is [Au].[Au].[Au].[Au].[Ca].[Ca].[Ca].[Ca][Ca]. The van der Waals surface area contributed by atoms with Crippen LogP contribution in [0.5, 0.6) is 0 Å². The molecule has 0 rings (SSSR count). The van der Waals surface area contributed by atoms with E-state index in [1.807, 2.05) is 0 Å². The van der Waals surface area contributed by atoms with Crippen LogP contribution in [-0.4, -0.2) is 165 Å². The molecule has 0 aromatic heterocycles. The molecule has 0 aliphatic carbocycles. The van der Waals surface area contributed by atoms with Gasteiger partial charge in [0, 0.05) is 203 Å². The summed E-state index contributed by atoms with van der Waals surface area (Å²) in [5.74, 6) is 0. The molecule has 0 aromatic rings. The summed E-state index contributed by atoms with van der Waals surface area (Å²) in [6.45, 7) is 0. The van der Waals surface area contributed by atoms with Gasteiger partial charge in [0.25, 0.3) is 0 Å². The number of hydrogen-bond acceptors (Lipinski definition) is 0. The van der Waals surface area contributed by atoms with E-state index in [1.165, 1.54) is 51.9 Å². The zero-order chi connectivity index (χ0) is 2.00. The fraction of sp³-hybridized carbons (Fsp3) is 0. The maximum atomic E-state index is 1.50. The normalized spacial score (nSPS) is 0.222. The van der Waals surface area contributed by atoms with Crippen LogP contribution < -0.4 is 0 Å². The van der Waals surface area contributed by atoms with Crippen molar-refractivity contribution in [3.8, 4) is 0 Å². The maximum absolute atomic E-state index is 1.50. The molecule has 0 bridgehead atoms. The Morgan fingerprint density at radius 1 is 0.444 bits per heavy atom. The van der Waals surface area contributed by atoms with Crippen molar-refractivity contribution < 1.29 is 89.5 Å². The topological polar surface area (TPSA) is 0 Å². The molecule has 54 valence electrons. The molecule has 0 fully saturated rings. The van der Waals surface area contributed by atoms with Gasteiger partial charge in [-0.3, -0.25) is 0 Å². The molecule has 9 heavy (non-hydrogen) atoms. The summed E-state index contributed by atoms with van der Waals surface area (Å²) in [5.41, 5.74) is 0. The number of rotatable bonds is 0. The van der Waals surface area contributed by atoms with Gasteiger partial charge in [-0.25, -0.2) is 0 Å². The van der Waals surface area contributed by atoms with Crippen molar-refractivity contribution in [1.29, 1.82) is 0 Å². The first kappa shape index (κ1) is 51.7. The quantitative estimate of drug-likeness (QED) is 0.249. The molecule has 0 saturated carbocycles. The van der Waals surface area contributed by atoms with Crippen molar-refractivity contribution in [2.75, 3.05) is 0 Å². The van der Waals surface area contributed by atoms with E-state index in [0.29, 0.717) is 0 Å². The van der Waals surface area contributed by atoms with Gasteiger partial charge in [0.1, 0.15) is 0 Å². The molecule has 0 heterocycles. The summed E-state index contributed by atoms with van der Waals surface area (Å²) >= 11 is 3.00. The zero-order valence-corrected chi connectivity index (χ0v) is 24.4. The van der Waals surface area contributed by atoms with Gasteiger partial charge in [-0.05, 0) is 0 Å². The van der Waals surface area contributed by atoms with E-state index >= 15 is 0 Å². The Hall–Kier alpha value is 9.26. The van der Waals surface area contributed by atoms with Crippen LogP contribution in [0.25, 0.3) is 0 Å². The van der Waals surface area contributed by atoms with E-state index < -0.39 is 0 Å². The van der Waals surface area contributed by atoms with Crippen LogP contribution >= 0.6 is 0 Å². The molecule has 0 spiro atoms. The second-order valence-corrected chi connectivity index (χ2v) is 0. The third kappa shape index (κ3) is 46.9. The third-order valence-corrected chi connectivity index (χ3v) is 0. The van der Waals surface area contributed by atoms with E-state index in [-0.39, 0.29) is 203 Å². The van der Waals surface area contributed by atoms with Gasteiger partial charge in [0.2, 0.25) is 0 Å². The van der Waals surface area contributed by atoms with E-state index in [9.17, 15) is 0 Å². The van der Waals surface area contributed by atoms with Crippen LogP contribution in [0.2, 0.25) is 0 Å². The summed E-state index contributed by atoms with van der Waals surface area (Å²) in [7, 11) is 0. The Bertz CT molecular complexity index is 8.92. The third-order valence-electron chi connectivity index (χ3n) is 0. The van der Waals surface area contributed by atoms with Crippen LogP contribution in [0.4, 0.5) is 0 Å². The fourth-order valence-corrected chi connectivity index (χ4v) is 0. The van der Waals surface area contributed by atoms with Crippen molar-refractivity contribution >= 4 is 165 Å². The average Bonchev–Trinajstić information content (AvgIpc) is 1.00. The van der Waals surface area contributed by atoms with Crippen LogP contribution in [0, 0.1) is 0 Å².